The number of carbonyl (C=O) groups excluding carboxylic acids is 2. The van der Waals surface area contributed by atoms with Gasteiger partial charge in [-0.05, 0) is 97.0 Å². The first kappa shape index (κ1) is 22.3. The maximum atomic E-state index is 13.4. The molecule has 4 bridgehead atoms. The molecule has 1 aromatic heterocycles. The molecular weight excluding hydrogens is 460 g/mol. The van der Waals surface area contributed by atoms with Crippen molar-refractivity contribution in [1.82, 2.24) is 20.2 Å². The fourth-order valence-corrected chi connectivity index (χ4v) is 7.35. The van der Waals surface area contributed by atoms with Gasteiger partial charge in [0.25, 0.3) is 0 Å². The zero-order chi connectivity index (χ0) is 23.8. The van der Waals surface area contributed by atoms with Crippen LogP contribution in [0.25, 0.3) is 5.69 Å². The standard InChI is InChI=1S/C26H28N6O2S/c33-23(16-35-25-29-30-31-32(25)22-7-2-1-3-8-22)27-20-5-4-6-21(12-20)28-24(34)26-13-17-9-18(14-26)11-19(10-17)15-26/h1-8,12,17-19H,9-11,13-16H2,(H,27,33)(H,28,34). The summed E-state index contributed by atoms with van der Waals surface area (Å²) in [6.07, 6.45) is 7.01. The molecule has 3 aromatic rings. The molecule has 4 aliphatic rings. The minimum Gasteiger partial charge on any atom is -0.326 e. The van der Waals surface area contributed by atoms with Crippen molar-refractivity contribution >= 4 is 35.0 Å². The number of nitrogens with zero attached hydrogens (tertiary/aromatic N) is 4. The van der Waals surface area contributed by atoms with E-state index in [0.29, 0.717) is 10.8 Å². The van der Waals surface area contributed by atoms with E-state index in [9.17, 15) is 9.59 Å². The van der Waals surface area contributed by atoms with Crippen LogP contribution in [0.4, 0.5) is 11.4 Å². The van der Waals surface area contributed by atoms with Crippen molar-refractivity contribution in [2.24, 2.45) is 23.2 Å². The number of benzene rings is 2. The Balaban J connectivity index is 1.07. The van der Waals surface area contributed by atoms with Gasteiger partial charge in [-0.2, -0.15) is 4.68 Å². The van der Waals surface area contributed by atoms with Crippen molar-refractivity contribution in [2.75, 3.05) is 16.4 Å². The van der Waals surface area contributed by atoms with Gasteiger partial charge in [-0.3, -0.25) is 9.59 Å². The molecule has 0 spiro atoms. The van der Waals surface area contributed by atoms with Crippen LogP contribution >= 0.6 is 11.8 Å². The number of hydrogen-bond donors (Lipinski definition) is 2. The number of carbonyl (C=O) groups is 2. The molecular formula is C26H28N6O2S. The zero-order valence-corrected chi connectivity index (χ0v) is 20.2. The van der Waals surface area contributed by atoms with E-state index in [1.807, 2.05) is 54.6 Å². The summed E-state index contributed by atoms with van der Waals surface area (Å²) < 4.78 is 1.61. The highest BCUT2D eigenvalue weighted by atomic mass is 32.2. The minimum absolute atomic E-state index is 0.156. The number of hydrogen-bond acceptors (Lipinski definition) is 6. The maximum Gasteiger partial charge on any atom is 0.234 e. The predicted molar refractivity (Wildman–Crippen MR) is 134 cm³/mol. The third kappa shape index (κ3) is 4.57. The molecule has 7 rings (SSSR count). The lowest BCUT2D eigenvalue weighted by Crippen LogP contribution is -2.51. The summed E-state index contributed by atoms with van der Waals surface area (Å²) in [4.78, 5) is 26.0. The first-order valence-electron chi connectivity index (χ1n) is 12.2. The van der Waals surface area contributed by atoms with Gasteiger partial charge in [0.1, 0.15) is 0 Å². The molecule has 4 fully saturated rings. The largest absolute Gasteiger partial charge is 0.326 e. The topological polar surface area (TPSA) is 102 Å². The third-order valence-electron chi connectivity index (χ3n) is 7.70. The van der Waals surface area contributed by atoms with Gasteiger partial charge in [0.2, 0.25) is 17.0 Å². The van der Waals surface area contributed by atoms with E-state index in [-0.39, 0.29) is 23.0 Å². The fraction of sp³-hybridized carbons (Fsp3) is 0.423. The highest BCUT2D eigenvalue weighted by Gasteiger charge is 2.54. The van der Waals surface area contributed by atoms with Gasteiger partial charge in [0.15, 0.2) is 0 Å². The highest BCUT2D eigenvalue weighted by Crippen LogP contribution is 2.60. The van der Waals surface area contributed by atoms with Gasteiger partial charge in [-0.25, -0.2) is 0 Å². The van der Waals surface area contributed by atoms with E-state index >= 15 is 0 Å². The third-order valence-corrected chi connectivity index (χ3v) is 8.62. The summed E-state index contributed by atoms with van der Waals surface area (Å²) in [7, 11) is 0. The van der Waals surface area contributed by atoms with Crippen molar-refractivity contribution in [3.8, 4) is 5.69 Å². The molecule has 2 aromatic carbocycles. The SMILES string of the molecule is O=C(CSc1nnnn1-c1ccccc1)Nc1cccc(NC(=O)C23CC4CC(CC(C4)C2)C3)c1. The number of nitrogens with one attached hydrogen (secondary N) is 2. The molecule has 0 unspecified atom stereocenters. The molecule has 8 nitrogen and oxygen atoms in total. The summed E-state index contributed by atoms with van der Waals surface area (Å²) in [6, 6.07) is 17.0. The van der Waals surface area contributed by atoms with Crippen LogP contribution in [0.5, 0.6) is 0 Å². The lowest BCUT2D eigenvalue weighted by molar-refractivity contribution is -0.140. The fourth-order valence-electron chi connectivity index (χ4n) is 6.65. The van der Waals surface area contributed by atoms with E-state index < -0.39 is 0 Å². The molecule has 180 valence electrons. The van der Waals surface area contributed by atoms with Gasteiger partial charge in [0, 0.05) is 11.4 Å². The molecule has 2 amide bonds. The number of thioether (sulfide) groups is 1. The Bertz CT molecular complexity index is 1210. The van der Waals surface area contributed by atoms with Gasteiger partial charge in [-0.15, -0.1) is 5.10 Å². The molecule has 35 heavy (non-hydrogen) atoms. The van der Waals surface area contributed by atoms with Gasteiger partial charge in [0.05, 0.1) is 16.9 Å². The molecule has 0 saturated heterocycles. The summed E-state index contributed by atoms with van der Waals surface area (Å²) in [5.41, 5.74) is 2.02. The number of rotatable bonds is 7. The van der Waals surface area contributed by atoms with Crippen LogP contribution in [0.2, 0.25) is 0 Å². The second-order valence-corrected chi connectivity index (χ2v) is 11.2. The Morgan fingerprint density at radius 1 is 0.914 bits per heavy atom. The Morgan fingerprint density at radius 3 is 2.26 bits per heavy atom. The minimum atomic E-state index is -0.201. The average Bonchev–Trinajstić information content (AvgIpc) is 3.31. The average molecular weight is 489 g/mol. The summed E-state index contributed by atoms with van der Waals surface area (Å²) >= 11 is 1.27. The second kappa shape index (κ2) is 9.11. The van der Waals surface area contributed by atoms with Crippen LogP contribution in [0.1, 0.15) is 38.5 Å². The van der Waals surface area contributed by atoms with Crippen LogP contribution in [-0.4, -0.2) is 37.8 Å². The number of para-hydroxylation sites is 1. The van der Waals surface area contributed by atoms with Crippen molar-refractivity contribution < 1.29 is 9.59 Å². The molecule has 0 atom stereocenters. The number of anilines is 2. The van der Waals surface area contributed by atoms with Crippen LogP contribution < -0.4 is 10.6 Å². The lowest BCUT2D eigenvalue weighted by Gasteiger charge is -2.55. The summed E-state index contributed by atoms with van der Waals surface area (Å²) in [6.45, 7) is 0. The number of amides is 2. The van der Waals surface area contributed by atoms with Crippen LogP contribution in [0.15, 0.2) is 59.8 Å². The molecule has 0 aliphatic heterocycles. The molecule has 9 heteroatoms. The quantitative estimate of drug-likeness (QED) is 0.473. The molecule has 4 saturated carbocycles. The van der Waals surface area contributed by atoms with Crippen LogP contribution in [-0.2, 0) is 9.59 Å². The second-order valence-electron chi connectivity index (χ2n) is 10.3. The van der Waals surface area contributed by atoms with Crippen molar-refractivity contribution in [3.63, 3.8) is 0 Å². The van der Waals surface area contributed by atoms with Crippen LogP contribution in [0, 0.1) is 23.2 Å². The molecule has 4 aliphatic carbocycles. The van der Waals surface area contributed by atoms with E-state index in [1.54, 1.807) is 4.68 Å². The van der Waals surface area contributed by atoms with Crippen molar-refractivity contribution in [2.45, 2.75) is 43.7 Å². The van der Waals surface area contributed by atoms with Crippen molar-refractivity contribution in [3.05, 3.63) is 54.6 Å². The summed E-state index contributed by atoms with van der Waals surface area (Å²) in [5, 5.41) is 18.4. The van der Waals surface area contributed by atoms with E-state index in [0.717, 1.165) is 48.4 Å². The molecule has 0 radical (unpaired) electrons. The van der Waals surface area contributed by atoms with Crippen LogP contribution in [0.3, 0.4) is 0 Å². The number of tetrazole rings is 1. The molecule has 1 heterocycles. The maximum absolute atomic E-state index is 13.4. The summed E-state index contributed by atoms with van der Waals surface area (Å²) in [5.74, 6) is 2.32. The first-order chi connectivity index (χ1) is 17.1. The van der Waals surface area contributed by atoms with Gasteiger partial charge in [-0.1, -0.05) is 36.0 Å². The zero-order valence-electron chi connectivity index (χ0n) is 19.4. The smallest absolute Gasteiger partial charge is 0.234 e. The Labute approximate surface area is 208 Å². The van der Waals surface area contributed by atoms with Gasteiger partial charge >= 0.3 is 0 Å². The monoisotopic (exact) mass is 488 g/mol. The Kier molecular flexibility index (Phi) is 5.80. The Morgan fingerprint density at radius 2 is 1.57 bits per heavy atom. The van der Waals surface area contributed by atoms with E-state index in [4.69, 9.17) is 0 Å². The predicted octanol–water partition coefficient (Wildman–Crippen LogP) is 4.55. The van der Waals surface area contributed by atoms with Gasteiger partial charge < -0.3 is 10.6 Å². The van der Waals surface area contributed by atoms with E-state index in [2.05, 4.69) is 26.2 Å². The van der Waals surface area contributed by atoms with E-state index in [1.165, 1.54) is 31.0 Å². The first-order valence-corrected chi connectivity index (χ1v) is 13.2. The molecule has 2 N–H and O–H groups in total. The lowest BCUT2D eigenvalue weighted by atomic mass is 9.49. The normalized spacial score (nSPS) is 26.5. The Hall–Kier alpha value is -3.20. The highest BCUT2D eigenvalue weighted by molar-refractivity contribution is 7.99. The number of aromatic nitrogens is 4. The van der Waals surface area contributed by atoms with Crippen molar-refractivity contribution in [1.29, 1.82) is 0 Å².